The molecule has 1 heterocycles. The lowest BCUT2D eigenvalue weighted by Gasteiger charge is -2.40. The van der Waals surface area contributed by atoms with Gasteiger partial charge in [-0.3, -0.25) is 9.69 Å². The summed E-state index contributed by atoms with van der Waals surface area (Å²) < 4.78 is 0. The number of carbonyl (C=O) groups is 1. The van der Waals surface area contributed by atoms with Crippen LogP contribution < -0.4 is 0 Å². The van der Waals surface area contributed by atoms with Crippen LogP contribution in [-0.4, -0.2) is 46.1 Å². The Morgan fingerprint density at radius 3 is 2.43 bits per heavy atom. The molecular weight excluding hydrogens is 198 g/mol. The molecule has 0 aromatic carbocycles. The Hall–Kier alpha value is -0.220. The topological polar surface area (TPSA) is 40.5 Å². The number of hydrogen-bond acceptors (Lipinski definition) is 3. The molecule has 1 aliphatic carbocycles. The highest BCUT2D eigenvalue weighted by atomic mass is 32.2. The monoisotopic (exact) mass is 215 g/mol. The first-order valence-electron chi connectivity index (χ1n) is 5.22. The van der Waals surface area contributed by atoms with E-state index in [0.29, 0.717) is 5.92 Å². The van der Waals surface area contributed by atoms with Crippen molar-refractivity contribution in [3.05, 3.63) is 0 Å². The molecule has 3 nitrogen and oxygen atoms in total. The van der Waals surface area contributed by atoms with E-state index in [0.717, 1.165) is 37.4 Å². The van der Waals surface area contributed by atoms with Crippen LogP contribution in [0.4, 0.5) is 0 Å². The molecule has 1 aliphatic heterocycles. The molecule has 4 heteroatoms. The van der Waals surface area contributed by atoms with Crippen molar-refractivity contribution in [3.63, 3.8) is 0 Å². The molecule has 14 heavy (non-hydrogen) atoms. The molecule has 0 radical (unpaired) electrons. The van der Waals surface area contributed by atoms with Crippen molar-refractivity contribution in [1.29, 1.82) is 0 Å². The standard InChI is InChI=1S/C10H17NO2S/c1-10(9(12)13,8-2-3-8)11-4-6-14-7-5-11/h8H,2-7H2,1H3,(H,12,13). The summed E-state index contributed by atoms with van der Waals surface area (Å²) in [6.45, 7) is 3.77. The number of rotatable bonds is 3. The van der Waals surface area contributed by atoms with Gasteiger partial charge < -0.3 is 5.11 Å². The van der Waals surface area contributed by atoms with Gasteiger partial charge in [-0.2, -0.15) is 11.8 Å². The third-order valence-electron chi connectivity index (χ3n) is 3.47. The van der Waals surface area contributed by atoms with E-state index < -0.39 is 11.5 Å². The number of nitrogens with zero attached hydrogens (tertiary/aromatic N) is 1. The molecule has 0 amide bonds. The fourth-order valence-electron chi connectivity index (χ4n) is 2.24. The Morgan fingerprint density at radius 2 is 2.00 bits per heavy atom. The average molecular weight is 215 g/mol. The second-order valence-electron chi connectivity index (χ2n) is 4.33. The Labute approximate surface area is 88.9 Å². The Balaban J connectivity index is 2.12. The first kappa shape index (κ1) is 10.3. The zero-order chi connectivity index (χ0) is 10.2. The molecule has 1 saturated heterocycles. The van der Waals surface area contributed by atoms with Crippen LogP contribution in [0.15, 0.2) is 0 Å². The lowest BCUT2D eigenvalue weighted by atomic mass is 9.93. The minimum Gasteiger partial charge on any atom is -0.480 e. The summed E-state index contributed by atoms with van der Waals surface area (Å²) in [6.07, 6.45) is 2.18. The molecule has 0 spiro atoms. The van der Waals surface area contributed by atoms with Crippen LogP contribution in [0.1, 0.15) is 19.8 Å². The third kappa shape index (κ3) is 1.65. The van der Waals surface area contributed by atoms with Gasteiger partial charge in [0.2, 0.25) is 0 Å². The molecule has 1 saturated carbocycles. The number of hydrogen-bond donors (Lipinski definition) is 1. The number of carboxylic acids is 1. The molecule has 0 aromatic rings. The number of thioether (sulfide) groups is 1. The summed E-state index contributed by atoms with van der Waals surface area (Å²) in [5.41, 5.74) is -0.582. The van der Waals surface area contributed by atoms with Crippen LogP contribution in [0.25, 0.3) is 0 Å². The lowest BCUT2D eigenvalue weighted by molar-refractivity contribution is -0.152. The van der Waals surface area contributed by atoms with Crippen molar-refractivity contribution >= 4 is 17.7 Å². The molecule has 2 rings (SSSR count). The van der Waals surface area contributed by atoms with E-state index in [9.17, 15) is 9.90 Å². The predicted molar refractivity (Wildman–Crippen MR) is 57.7 cm³/mol. The minimum absolute atomic E-state index is 0.392. The van der Waals surface area contributed by atoms with E-state index in [4.69, 9.17) is 0 Å². The highest BCUT2D eigenvalue weighted by Gasteiger charge is 2.51. The van der Waals surface area contributed by atoms with E-state index >= 15 is 0 Å². The van der Waals surface area contributed by atoms with E-state index in [1.165, 1.54) is 0 Å². The summed E-state index contributed by atoms with van der Waals surface area (Å²) in [7, 11) is 0. The molecule has 1 atom stereocenters. The highest BCUT2D eigenvalue weighted by Crippen LogP contribution is 2.43. The summed E-state index contributed by atoms with van der Waals surface area (Å²) in [4.78, 5) is 13.5. The Kier molecular flexibility index (Phi) is 2.75. The van der Waals surface area contributed by atoms with Crippen LogP contribution >= 0.6 is 11.8 Å². The highest BCUT2D eigenvalue weighted by molar-refractivity contribution is 7.99. The lowest BCUT2D eigenvalue weighted by Crippen LogP contribution is -2.56. The van der Waals surface area contributed by atoms with Crippen LogP contribution in [0, 0.1) is 5.92 Å². The first-order valence-corrected chi connectivity index (χ1v) is 6.37. The molecule has 2 fully saturated rings. The molecule has 1 unspecified atom stereocenters. The maximum atomic E-state index is 11.4. The van der Waals surface area contributed by atoms with Gasteiger partial charge in [-0.15, -0.1) is 0 Å². The van der Waals surface area contributed by atoms with Crippen molar-refractivity contribution < 1.29 is 9.90 Å². The molecule has 80 valence electrons. The van der Waals surface area contributed by atoms with Gasteiger partial charge in [-0.05, 0) is 25.7 Å². The van der Waals surface area contributed by atoms with Crippen LogP contribution in [0.2, 0.25) is 0 Å². The zero-order valence-corrected chi connectivity index (χ0v) is 9.35. The summed E-state index contributed by atoms with van der Waals surface area (Å²) in [6, 6.07) is 0. The van der Waals surface area contributed by atoms with Gasteiger partial charge >= 0.3 is 5.97 Å². The first-order chi connectivity index (χ1) is 6.65. The van der Waals surface area contributed by atoms with E-state index in [-0.39, 0.29) is 0 Å². The van der Waals surface area contributed by atoms with Crippen LogP contribution in [0.5, 0.6) is 0 Å². The van der Waals surface area contributed by atoms with Crippen molar-refractivity contribution in [3.8, 4) is 0 Å². The molecular formula is C10H17NO2S. The fraction of sp³-hybridized carbons (Fsp3) is 0.900. The van der Waals surface area contributed by atoms with Crippen LogP contribution in [0.3, 0.4) is 0 Å². The van der Waals surface area contributed by atoms with Gasteiger partial charge in [0.05, 0.1) is 0 Å². The van der Waals surface area contributed by atoms with E-state index in [2.05, 4.69) is 4.90 Å². The molecule has 2 aliphatic rings. The minimum atomic E-state index is -0.633. The average Bonchev–Trinajstić information content (AvgIpc) is 3.01. The van der Waals surface area contributed by atoms with Gasteiger partial charge in [0.1, 0.15) is 5.54 Å². The maximum absolute atomic E-state index is 11.4. The molecule has 0 aromatic heterocycles. The smallest absolute Gasteiger partial charge is 0.324 e. The largest absolute Gasteiger partial charge is 0.480 e. The zero-order valence-electron chi connectivity index (χ0n) is 8.53. The number of aliphatic carboxylic acids is 1. The van der Waals surface area contributed by atoms with Crippen molar-refractivity contribution in [2.24, 2.45) is 5.92 Å². The summed E-state index contributed by atoms with van der Waals surface area (Å²) in [5, 5.41) is 9.35. The Morgan fingerprint density at radius 1 is 1.43 bits per heavy atom. The SMILES string of the molecule is CC(C(=O)O)(C1CC1)N1CCSCC1. The second-order valence-corrected chi connectivity index (χ2v) is 5.55. The maximum Gasteiger partial charge on any atom is 0.324 e. The number of carboxylic acid groups (broad SMARTS) is 1. The van der Waals surface area contributed by atoms with Gasteiger partial charge in [-0.1, -0.05) is 0 Å². The van der Waals surface area contributed by atoms with Gasteiger partial charge in [-0.25, -0.2) is 0 Å². The second kappa shape index (κ2) is 3.74. The van der Waals surface area contributed by atoms with Crippen molar-refractivity contribution in [2.75, 3.05) is 24.6 Å². The van der Waals surface area contributed by atoms with Gasteiger partial charge in [0, 0.05) is 24.6 Å². The van der Waals surface area contributed by atoms with E-state index in [1.807, 2.05) is 18.7 Å². The fourth-order valence-corrected chi connectivity index (χ4v) is 3.14. The predicted octanol–water partition coefficient (Wildman–Crippen LogP) is 1.29. The third-order valence-corrected chi connectivity index (χ3v) is 4.42. The van der Waals surface area contributed by atoms with Gasteiger partial charge in [0.25, 0.3) is 0 Å². The molecule has 1 N–H and O–H groups in total. The van der Waals surface area contributed by atoms with Crippen molar-refractivity contribution in [2.45, 2.75) is 25.3 Å². The van der Waals surface area contributed by atoms with Crippen molar-refractivity contribution in [1.82, 2.24) is 4.90 Å². The summed E-state index contributed by atoms with van der Waals surface area (Å²) in [5.74, 6) is 1.92. The Bertz CT molecular complexity index is 236. The van der Waals surface area contributed by atoms with Crippen LogP contribution in [-0.2, 0) is 4.79 Å². The molecule has 0 bridgehead atoms. The quantitative estimate of drug-likeness (QED) is 0.770. The normalized spacial score (nSPS) is 28.4. The summed E-state index contributed by atoms with van der Waals surface area (Å²) >= 11 is 1.92. The van der Waals surface area contributed by atoms with Gasteiger partial charge in [0.15, 0.2) is 0 Å². The van der Waals surface area contributed by atoms with E-state index in [1.54, 1.807) is 0 Å².